The molecule has 0 aromatic heterocycles. The topological polar surface area (TPSA) is 95.6 Å². The summed E-state index contributed by atoms with van der Waals surface area (Å²) in [6, 6.07) is 12.4. The van der Waals surface area contributed by atoms with Gasteiger partial charge in [-0.2, -0.15) is 0 Å². The van der Waals surface area contributed by atoms with E-state index in [4.69, 9.17) is 0 Å². The first-order chi connectivity index (χ1) is 14.3. The van der Waals surface area contributed by atoms with Crippen molar-refractivity contribution in [1.82, 2.24) is 10.2 Å². The van der Waals surface area contributed by atoms with Gasteiger partial charge in [0.2, 0.25) is 5.91 Å². The van der Waals surface area contributed by atoms with Gasteiger partial charge in [0.05, 0.1) is 4.90 Å². The van der Waals surface area contributed by atoms with Gasteiger partial charge in [0.25, 0.3) is 15.9 Å². The Labute approximate surface area is 177 Å². The third kappa shape index (κ3) is 4.99. The summed E-state index contributed by atoms with van der Waals surface area (Å²) in [5.74, 6) is -0.417. The molecule has 1 aliphatic heterocycles. The molecule has 0 bridgehead atoms. The number of benzene rings is 2. The molecule has 1 heterocycles. The fourth-order valence-electron chi connectivity index (χ4n) is 3.46. The van der Waals surface area contributed by atoms with E-state index in [1.54, 1.807) is 35.2 Å². The minimum atomic E-state index is -3.77. The van der Waals surface area contributed by atoms with Crippen LogP contribution in [-0.4, -0.2) is 44.3 Å². The molecule has 1 unspecified atom stereocenters. The first-order valence-corrected chi connectivity index (χ1v) is 11.6. The number of aryl methyl sites for hydroxylation is 1. The van der Waals surface area contributed by atoms with Crippen LogP contribution in [0.2, 0.25) is 0 Å². The van der Waals surface area contributed by atoms with E-state index in [1.807, 2.05) is 13.8 Å². The molecule has 7 nitrogen and oxygen atoms in total. The zero-order valence-corrected chi connectivity index (χ0v) is 18.0. The van der Waals surface area contributed by atoms with Crippen LogP contribution in [0.3, 0.4) is 0 Å². The minimum Gasteiger partial charge on any atom is -0.354 e. The second kappa shape index (κ2) is 9.30. The maximum atomic E-state index is 13.0. The summed E-state index contributed by atoms with van der Waals surface area (Å²) in [7, 11) is -3.77. The molecule has 2 aromatic rings. The number of nitrogens with one attached hydrogen (secondary N) is 2. The van der Waals surface area contributed by atoms with Crippen LogP contribution in [0, 0.1) is 6.92 Å². The van der Waals surface area contributed by atoms with Crippen molar-refractivity contribution >= 4 is 27.5 Å². The standard InChI is InChI=1S/C22H27N3O4S/c1-3-13-23-21(26)20-8-5-14-25(20)22(27)17-6-4-7-18(15-17)24-30(28,29)19-11-9-16(2)10-12-19/h4,6-7,9-12,15,20,24H,3,5,8,13-14H2,1-2H3,(H,23,26). The van der Waals surface area contributed by atoms with Gasteiger partial charge in [-0.1, -0.05) is 30.7 Å². The van der Waals surface area contributed by atoms with Crippen molar-refractivity contribution in [2.24, 2.45) is 0 Å². The van der Waals surface area contributed by atoms with Crippen LogP contribution in [0.1, 0.15) is 42.1 Å². The lowest BCUT2D eigenvalue weighted by Crippen LogP contribution is -2.46. The zero-order chi connectivity index (χ0) is 21.7. The Morgan fingerprint density at radius 2 is 1.87 bits per heavy atom. The highest BCUT2D eigenvalue weighted by atomic mass is 32.2. The monoisotopic (exact) mass is 429 g/mol. The predicted molar refractivity (Wildman–Crippen MR) is 116 cm³/mol. The molecule has 2 amide bonds. The number of anilines is 1. The molecule has 30 heavy (non-hydrogen) atoms. The summed E-state index contributed by atoms with van der Waals surface area (Å²) < 4.78 is 27.8. The largest absolute Gasteiger partial charge is 0.354 e. The van der Waals surface area contributed by atoms with E-state index in [-0.39, 0.29) is 16.7 Å². The summed E-state index contributed by atoms with van der Waals surface area (Å²) in [6.07, 6.45) is 2.21. The fraction of sp³-hybridized carbons (Fsp3) is 0.364. The van der Waals surface area contributed by atoms with Crippen molar-refractivity contribution < 1.29 is 18.0 Å². The molecule has 2 aromatic carbocycles. The Bertz CT molecular complexity index is 1020. The van der Waals surface area contributed by atoms with E-state index in [9.17, 15) is 18.0 Å². The van der Waals surface area contributed by atoms with E-state index < -0.39 is 16.1 Å². The number of sulfonamides is 1. The van der Waals surface area contributed by atoms with E-state index in [0.29, 0.717) is 30.8 Å². The lowest BCUT2D eigenvalue weighted by atomic mass is 10.1. The van der Waals surface area contributed by atoms with Crippen molar-refractivity contribution in [3.05, 3.63) is 59.7 Å². The number of likely N-dealkylation sites (tertiary alicyclic amines) is 1. The molecular formula is C22H27N3O4S. The molecule has 8 heteroatoms. The summed E-state index contributed by atoms with van der Waals surface area (Å²) >= 11 is 0. The van der Waals surface area contributed by atoms with E-state index in [2.05, 4.69) is 10.0 Å². The van der Waals surface area contributed by atoms with Crippen molar-refractivity contribution in [3.63, 3.8) is 0 Å². The number of hydrogen-bond donors (Lipinski definition) is 2. The van der Waals surface area contributed by atoms with Crippen LogP contribution in [-0.2, 0) is 14.8 Å². The van der Waals surface area contributed by atoms with Crippen LogP contribution in [0.5, 0.6) is 0 Å². The van der Waals surface area contributed by atoms with Crippen molar-refractivity contribution in [1.29, 1.82) is 0 Å². The van der Waals surface area contributed by atoms with Gasteiger partial charge in [-0.25, -0.2) is 8.42 Å². The number of carbonyl (C=O) groups excluding carboxylic acids is 2. The van der Waals surface area contributed by atoms with Crippen molar-refractivity contribution in [2.75, 3.05) is 17.8 Å². The molecule has 1 aliphatic rings. The second-order valence-corrected chi connectivity index (χ2v) is 9.13. The molecular weight excluding hydrogens is 402 g/mol. The first kappa shape index (κ1) is 21.8. The smallest absolute Gasteiger partial charge is 0.261 e. The van der Waals surface area contributed by atoms with E-state index >= 15 is 0 Å². The Morgan fingerprint density at radius 3 is 2.57 bits per heavy atom. The van der Waals surface area contributed by atoms with Gasteiger partial charge in [-0.3, -0.25) is 14.3 Å². The molecule has 3 rings (SSSR count). The summed E-state index contributed by atoms with van der Waals surface area (Å²) in [4.78, 5) is 27.1. The van der Waals surface area contributed by atoms with Crippen LogP contribution in [0.15, 0.2) is 53.4 Å². The molecule has 0 aliphatic carbocycles. The average molecular weight is 430 g/mol. The quantitative estimate of drug-likeness (QED) is 0.707. The van der Waals surface area contributed by atoms with Crippen LogP contribution < -0.4 is 10.0 Å². The molecule has 1 fully saturated rings. The zero-order valence-electron chi connectivity index (χ0n) is 17.2. The highest BCUT2D eigenvalue weighted by Gasteiger charge is 2.34. The number of rotatable bonds is 7. The van der Waals surface area contributed by atoms with E-state index in [1.165, 1.54) is 18.2 Å². The normalized spacial score (nSPS) is 16.3. The van der Waals surface area contributed by atoms with Crippen LogP contribution in [0.25, 0.3) is 0 Å². The molecule has 0 spiro atoms. The van der Waals surface area contributed by atoms with Gasteiger partial charge in [0, 0.05) is 24.3 Å². The highest BCUT2D eigenvalue weighted by molar-refractivity contribution is 7.92. The molecule has 2 N–H and O–H groups in total. The molecule has 0 saturated carbocycles. The number of hydrogen-bond acceptors (Lipinski definition) is 4. The molecule has 1 saturated heterocycles. The Hall–Kier alpha value is -2.87. The second-order valence-electron chi connectivity index (χ2n) is 7.45. The average Bonchev–Trinajstić information content (AvgIpc) is 3.21. The third-order valence-corrected chi connectivity index (χ3v) is 6.46. The van der Waals surface area contributed by atoms with Crippen molar-refractivity contribution in [2.45, 2.75) is 44.0 Å². The van der Waals surface area contributed by atoms with Crippen molar-refractivity contribution in [3.8, 4) is 0 Å². The van der Waals surface area contributed by atoms with Crippen LogP contribution >= 0.6 is 0 Å². The first-order valence-electron chi connectivity index (χ1n) is 10.1. The van der Waals surface area contributed by atoms with Gasteiger partial charge in [0.15, 0.2) is 0 Å². The Kier molecular flexibility index (Phi) is 6.77. The lowest BCUT2D eigenvalue weighted by molar-refractivity contribution is -0.124. The molecule has 160 valence electrons. The number of nitrogens with zero attached hydrogens (tertiary/aromatic N) is 1. The Morgan fingerprint density at radius 1 is 1.13 bits per heavy atom. The summed E-state index contributed by atoms with van der Waals surface area (Å²) in [6.45, 7) is 4.93. The maximum Gasteiger partial charge on any atom is 0.261 e. The fourth-order valence-corrected chi connectivity index (χ4v) is 4.51. The molecule has 0 radical (unpaired) electrons. The highest BCUT2D eigenvalue weighted by Crippen LogP contribution is 2.23. The maximum absolute atomic E-state index is 13.0. The summed E-state index contributed by atoms with van der Waals surface area (Å²) in [5, 5.41) is 2.85. The van der Waals surface area contributed by atoms with Gasteiger partial charge in [-0.15, -0.1) is 0 Å². The minimum absolute atomic E-state index is 0.140. The third-order valence-electron chi connectivity index (χ3n) is 5.06. The number of amides is 2. The van der Waals surface area contributed by atoms with Gasteiger partial charge in [-0.05, 0) is 56.5 Å². The predicted octanol–water partition coefficient (Wildman–Crippen LogP) is 2.93. The SMILES string of the molecule is CCCNC(=O)C1CCCN1C(=O)c1cccc(NS(=O)(=O)c2ccc(C)cc2)c1. The van der Waals surface area contributed by atoms with Gasteiger partial charge in [0.1, 0.15) is 6.04 Å². The lowest BCUT2D eigenvalue weighted by Gasteiger charge is -2.24. The van der Waals surface area contributed by atoms with Crippen LogP contribution in [0.4, 0.5) is 5.69 Å². The van der Waals surface area contributed by atoms with Gasteiger partial charge >= 0.3 is 0 Å². The van der Waals surface area contributed by atoms with Gasteiger partial charge < -0.3 is 10.2 Å². The summed E-state index contributed by atoms with van der Waals surface area (Å²) in [5.41, 5.74) is 1.60. The van der Waals surface area contributed by atoms with E-state index in [0.717, 1.165) is 18.4 Å². The number of carbonyl (C=O) groups is 2. The molecule has 1 atom stereocenters. The Balaban J connectivity index is 1.77.